The first-order chi connectivity index (χ1) is 19.1. The monoisotopic (exact) mass is 579 g/mol. The van der Waals surface area contributed by atoms with Crippen LogP contribution in [0.2, 0.25) is 10.0 Å². The van der Waals surface area contributed by atoms with Crippen LogP contribution in [-0.4, -0.2) is 49.0 Å². The summed E-state index contributed by atoms with van der Waals surface area (Å²) in [7, 11) is 1.51. The van der Waals surface area contributed by atoms with Gasteiger partial charge in [-0.2, -0.15) is 0 Å². The molecule has 0 bridgehead atoms. The van der Waals surface area contributed by atoms with Crippen molar-refractivity contribution in [1.29, 1.82) is 5.41 Å². The molecule has 1 aliphatic heterocycles. The lowest BCUT2D eigenvalue weighted by Gasteiger charge is -2.41. The highest BCUT2D eigenvalue weighted by atomic mass is 35.5. The number of carbonyl (C=O) groups is 2. The number of nitrogens with zero attached hydrogens (tertiary/aromatic N) is 1. The van der Waals surface area contributed by atoms with Crippen molar-refractivity contribution < 1.29 is 14.3 Å². The average molecular weight is 581 g/mol. The molecule has 4 rings (SSSR count). The summed E-state index contributed by atoms with van der Waals surface area (Å²) in [5.74, 6) is -0.212. The van der Waals surface area contributed by atoms with Gasteiger partial charge in [0, 0.05) is 6.42 Å². The molecule has 6 nitrogen and oxygen atoms in total. The number of hydrogen-bond donors (Lipinski definition) is 2. The maximum absolute atomic E-state index is 13.3. The number of halogens is 2. The fraction of sp³-hybridized carbons (Fsp3) is 0.344. The van der Waals surface area contributed by atoms with Crippen molar-refractivity contribution in [3.63, 3.8) is 0 Å². The van der Waals surface area contributed by atoms with Crippen LogP contribution < -0.4 is 10.5 Å². The molecule has 1 fully saturated rings. The van der Waals surface area contributed by atoms with E-state index in [0.717, 1.165) is 17.7 Å². The first-order valence-electron chi connectivity index (χ1n) is 13.4. The molecular formula is C32H35Cl2N3O3. The van der Waals surface area contributed by atoms with Gasteiger partial charge in [0.2, 0.25) is 11.7 Å². The van der Waals surface area contributed by atoms with Crippen LogP contribution in [0.5, 0.6) is 5.75 Å². The second kappa shape index (κ2) is 12.5. The zero-order chi connectivity index (χ0) is 28.9. The molecule has 8 heteroatoms. The summed E-state index contributed by atoms with van der Waals surface area (Å²) in [5, 5.41) is 9.68. The van der Waals surface area contributed by atoms with E-state index in [1.165, 1.54) is 7.11 Å². The molecule has 1 unspecified atom stereocenters. The Hall–Kier alpha value is -3.19. The summed E-state index contributed by atoms with van der Waals surface area (Å²) < 4.78 is 5.36. The van der Waals surface area contributed by atoms with Crippen LogP contribution in [0.25, 0.3) is 0 Å². The highest BCUT2D eigenvalue weighted by Crippen LogP contribution is 2.39. The number of amides is 1. The zero-order valence-electron chi connectivity index (χ0n) is 22.9. The number of methoxy groups -OCH3 is 1. The first-order valence-corrected chi connectivity index (χ1v) is 14.1. The molecule has 3 aromatic carbocycles. The number of para-hydroxylation sites is 1. The third-order valence-electron chi connectivity index (χ3n) is 8.30. The summed E-state index contributed by atoms with van der Waals surface area (Å²) >= 11 is 12.6. The summed E-state index contributed by atoms with van der Waals surface area (Å²) in [6.07, 6.45) is 2.16. The number of carbonyl (C=O) groups excluding carboxylic acids is 2. The van der Waals surface area contributed by atoms with E-state index >= 15 is 0 Å². The largest absolute Gasteiger partial charge is 0.496 e. The van der Waals surface area contributed by atoms with Gasteiger partial charge >= 0.3 is 0 Å². The van der Waals surface area contributed by atoms with E-state index in [9.17, 15) is 9.59 Å². The van der Waals surface area contributed by atoms with E-state index in [1.54, 1.807) is 30.3 Å². The Morgan fingerprint density at radius 3 is 2.27 bits per heavy atom. The number of benzene rings is 3. The Balaban J connectivity index is 1.53. The normalized spacial score (nSPS) is 16.6. The SMILES string of the molecule is COc1ccccc1C(=O)C(=N)CC(C)(CCN1CCC(C(N)=O)(c2ccccc2)CC1)c1ccc(Cl)c(Cl)c1. The van der Waals surface area contributed by atoms with E-state index in [4.69, 9.17) is 39.1 Å². The van der Waals surface area contributed by atoms with Crippen LogP contribution in [0.1, 0.15) is 54.1 Å². The van der Waals surface area contributed by atoms with Gasteiger partial charge in [0.1, 0.15) is 5.75 Å². The molecule has 0 saturated carbocycles. The Bertz CT molecular complexity index is 1390. The average Bonchev–Trinajstić information content (AvgIpc) is 2.97. The molecule has 1 atom stereocenters. The van der Waals surface area contributed by atoms with Gasteiger partial charge in [-0.15, -0.1) is 0 Å². The standard InChI is InChI=1S/C32H35Cl2N3O3/c1-31(23-12-13-25(33)26(34)20-23,21-27(35)29(38)24-10-6-7-11-28(24)40-2)14-17-37-18-15-32(16-19-37,30(36)39)22-8-4-3-5-9-22/h3-13,20,35H,14-19,21H2,1-2H3,(H2,36,39). The minimum atomic E-state index is -0.673. The van der Waals surface area contributed by atoms with E-state index in [2.05, 4.69) is 11.8 Å². The number of nitrogens with two attached hydrogens (primary N) is 1. The molecule has 210 valence electrons. The maximum Gasteiger partial charge on any atom is 0.228 e. The quantitative estimate of drug-likeness (QED) is 0.201. The van der Waals surface area contributed by atoms with E-state index < -0.39 is 10.8 Å². The summed E-state index contributed by atoms with van der Waals surface area (Å²) in [6.45, 7) is 4.20. The smallest absolute Gasteiger partial charge is 0.228 e. The first kappa shape index (κ1) is 29.8. The van der Waals surface area contributed by atoms with Gasteiger partial charge in [-0.3, -0.25) is 9.59 Å². The number of hydrogen-bond acceptors (Lipinski definition) is 5. The topological polar surface area (TPSA) is 96.5 Å². The van der Waals surface area contributed by atoms with Crippen molar-refractivity contribution in [3.05, 3.63) is 99.5 Å². The van der Waals surface area contributed by atoms with Crippen molar-refractivity contribution in [2.45, 2.75) is 43.4 Å². The lowest BCUT2D eigenvalue weighted by atomic mass is 9.71. The number of piperidine rings is 1. The molecule has 1 amide bonds. The fourth-order valence-electron chi connectivity index (χ4n) is 5.67. The second-order valence-electron chi connectivity index (χ2n) is 10.8. The molecule has 40 heavy (non-hydrogen) atoms. The predicted molar refractivity (Wildman–Crippen MR) is 161 cm³/mol. The van der Waals surface area contributed by atoms with Gasteiger partial charge in [0.05, 0.1) is 33.8 Å². The molecule has 1 aliphatic rings. The number of Topliss-reactive ketones (excluding diaryl/α,β-unsaturated/α-hetero) is 1. The second-order valence-corrected chi connectivity index (χ2v) is 11.6. The van der Waals surface area contributed by atoms with Gasteiger partial charge in [-0.05, 0) is 79.7 Å². The number of ketones is 1. The van der Waals surface area contributed by atoms with Crippen LogP contribution in [0.3, 0.4) is 0 Å². The van der Waals surface area contributed by atoms with Gasteiger partial charge in [-0.25, -0.2) is 0 Å². The highest BCUT2D eigenvalue weighted by Gasteiger charge is 2.42. The van der Waals surface area contributed by atoms with Crippen LogP contribution in [-0.2, 0) is 15.6 Å². The lowest BCUT2D eigenvalue weighted by molar-refractivity contribution is -0.125. The molecule has 0 aliphatic carbocycles. The maximum atomic E-state index is 13.3. The zero-order valence-corrected chi connectivity index (χ0v) is 24.4. The van der Waals surface area contributed by atoms with E-state index in [0.29, 0.717) is 53.7 Å². The van der Waals surface area contributed by atoms with Gasteiger partial charge < -0.3 is 20.8 Å². The molecule has 1 saturated heterocycles. The molecule has 3 N–H and O–H groups in total. The third-order valence-corrected chi connectivity index (χ3v) is 9.04. The Kier molecular flexibility index (Phi) is 9.34. The minimum absolute atomic E-state index is 0.00598. The number of rotatable bonds is 11. The summed E-state index contributed by atoms with van der Waals surface area (Å²) in [5.41, 5.74) is 6.92. The van der Waals surface area contributed by atoms with Crippen molar-refractivity contribution in [3.8, 4) is 5.75 Å². The number of nitrogens with one attached hydrogen (secondary N) is 1. The van der Waals surface area contributed by atoms with Crippen molar-refractivity contribution in [2.75, 3.05) is 26.7 Å². The van der Waals surface area contributed by atoms with Crippen molar-refractivity contribution in [2.24, 2.45) is 5.73 Å². The molecule has 0 aromatic heterocycles. The Morgan fingerprint density at radius 1 is 1.00 bits per heavy atom. The van der Waals surface area contributed by atoms with Crippen LogP contribution in [0.4, 0.5) is 0 Å². The number of likely N-dealkylation sites (tertiary alicyclic amines) is 1. The molecule has 0 spiro atoms. The minimum Gasteiger partial charge on any atom is -0.496 e. The van der Waals surface area contributed by atoms with Crippen LogP contribution in [0.15, 0.2) is 72.8 Å². The molecule has 0 radical (unpaired) electrons. The molecule has 1 heterocycles. The lowest BCUT2D eigenvalue weighted by Crippen LogP contribution is -2.50. The number of primary amides is 1. The summed E-state index contributed by atoms with van der Waals surface area (Å²) in [6, 6.07) is 22.2. The fourth-order valence-corrected chi connectivity index (χ4v) is 5.97. The van der Waals surface area contributed by atoms with Crippen LogP contribution >= 0.6 is 23.2 Å². The van der Waals surface area contributed by atoms with Crippen molar-refractivity contribution >= 4 is 40.6 Å². The van der Waals surface area contributed by atoms with Gasteiger partial charge in [-0.1, -0.05) is 78.7 Å². The number of ether oxygens (including phenoxy) is 1. The third kappa shape index (κ3) is 6.25. The summed E-state index contributed by atoms with van der Waals surface area (Å²) in [4.78, 5) is 28.3. The van der Waals surface area contributed by atoms with E-state index in [-0.39, 0.29) is 23.8 Å². The van der Waals surface area contributed by atoms with Crippen molar-refractivity contribution in [1.82, 2.24) is 4.90 Å². The van der Waals surface area contributed by atoms with Crippen LogP contribution in [0, 0.1) is 5.41 Å². The molecular weight excluding hydrogens is 545 g/mol. The Morgan fingerprint density at radius 2 is 1.65 bits per heavy atom. The van der Waals surface area contributed by atoms with Gasteiger partial charge in [0.25, 0.3) is 0 Å². The Labute approximate surface area is 245 Å². The van der Waals surface area contributed by atoms with E-state index in [1.807, 2.05) is 42.5 Å². The van der Waals surface area contributed by atoms with Gasteiger partial charge in [0.15, 0.2) is 0 Å². The predicted octanol–water partition coefficient (Wildman–Crippen LogP) is 6.46. The highest BCUT2D eigenvalue weighted by molar-refractivity contribution is 6.45. The molecule has 3 aromatic rings.